The molecular formula is C21H32N4O3. The molecule has 0 radical (unpaired) electrons. The number of carbonyl (C=O) groups excluding carboxylic acids is 2. The summed E-state index contributed by atoms with van der Waals surface area (Å²) < 4.78 is 0. The van der Waals surface area contributed by atoms with E-state index >= 15 is 0 Å². The van der Waals surface area contributed by atoms with Gasteiger partial charge in [0.15, 0.2) is 0 Å². The zero-order valence-corrected chi connectivity index (χ0v) is 16.8. The van der Waals surface area contributed by atoms with Crippen LogP contribution in [0.3, 0.4) is 0 Å². The van der Waals surface area contributed by atoms with Crippen molar-refractivity contribution in [1.82, 2.24) is 16.1 Å². The van der Waals surface area contributed by atoms with E-state index in [2.05, 4.69) is 42.6 Å². The van der Waals surface area contributed by atoms with Gasteiger partial charge in [-0.15, -0.1) is 0 Å². The van der Waals surface area contributed by atoms with Crippen LogP contribution in [0.5, 0.6) is 0 Å². The summed E-state index contributed by atoms with van der Waals surface area (Å²) in [6, 6.07) is -0.158. The Kier molecular flexibility index (Phi) is 10.6. The fourth-order valence-electron chi connectivity index (χ4n) is 2.91. The van der Waals surface area contributed by atoms with Crippen molar-refractivity contribution in [3.63, 3.8) is 0 Å². The largest absolute Gasteiger partial charge is 0.358 e. The molecule has 1 aliphatic rings. The first-order valence-electron chi connectivity index (χ1n) is 9.60. The first-order chi connectivity index (χ1) is 13.3. The average molecular weight is 389 g/mol. The number of allylic oxidation sites excluding steroid dienone is 4. The van der Waals surface area contributed by atoms with E-state index in [0.717, 1.165) is 31.8 Å². The minimum atomic E-state index is -0.657. The second-order valence-corrected chi connectivity index (χ2v) is 7.25. The lowest BCUT2D eigenvalue weighted by molar-refractivity contribution is -0.124. The summed E-state index contributed by atoms with van der Waals surface area (Å²) in [5, 5.41) is 14.8. The summed E-state index contributed by atoms with van der Waals surface area (Å²) in [7, 11) is 0. The van der Waals surface area contributed by atoms with Crippen molar-refractivity contribution >= 4 is 18.0 Å². The minimum absolute atomic E-state index is 0.0240. The van der Waals surface area contributed by atoms with Crippen LogP contribution in [-0.2, 0) is 9.59 Å². The number of hydroxylamine groups is 1. The predicted molar refractivity (Wildman–Crippen MR) is 112 cm³/mol. The van der Waals surface area contributed by atoms with Gasteiger partial charge in [0, 0.05) is 18.3 Å². The number of aliphatic imine (C=N–C) groups is 1. The van der Waals surface area contributed by atoms with Gasteiger partial charge in [-0.05, 0) is 42.9 Å². The fourth-order valence-corrected chi connectivity index (χ4v) is 2.91. The maximum atomic E-state index is 12.7. The number of rotatable bonds is 11. The normalized spacial score (nSPS) is 16.5. The molecule has 0 heterocycles. The van der Waals surface area contributed by atoms with Gasteiger partial charge in [-0.1, -0.05) is 45.9 Å². The molecule has 2 amide bonds. The molecule has 1 saturated carbocycles. The highest BCUT2D eigenvalue weighted by atomic mass is 16.5. The summed E-state index contributed by atoms with van der Waals surface area (Å²) in [6.45, 7) is 11.6. The molecule has 0 aliphatic heterocycles. The molecule has 1 atom stereocenters. The number of carbonyl (C=O) groups is 2. The first-order valence-corrected chi connectivity index (χ1v) is 9.60. The Morgan fingerprint density at radius 3 is 2.50 bits per heavy atom. The van der Waals surface area contributed by atoms with Crippen molar-refractivity contribution in [1.29, 1.82) is 0 Å². The molecule has 4 N–H and O–H groups in total. The van der Waals surface area contributed by atoms with Gasteiger partial charge in [0.2, 0.25) is 5.91 Å². The van der Waals surface area contributed by atoms with E-state index in [1.807, 2.05) is 0 Å². The second kappa shape index (κ2) is 12.7. The molecule has 0 aromatic rings. The van der Waals surface area contributed by atoms with Crippen LogP contribution in [0.25, 0.3) is 0 Å². The SMILES string of the molecule is C=C/C=C(\N=C/C(=C)/C=C/C(=O)NO)N[C@H](CC(C)C)C(=O)NC1CCCC1. The van der Waals surface area contributed by atoms with Crippen LogP contribution < -0.4 is 16.1 Å². The monoisotopic (exact) mass is 388 g/mol. The minimum Gasteiger partial charge on any atom is -0.358 e. The fraction of sp³-hybridized carbons (Fsp3) is 0.476. The van der Waals surface area contributed by atoms with Crippen molar-refractivity contribution in [3.05, 3.63) is 48.9 Å². The second-order valence-electron chi connectivity index (χ2n) is 7.25. The van der Waals surface area contributed by atoms with E-state index in [1.54, 1.807) is 12.2 Å². The maximum absolute atomic E-state index is 12.7. The van der Waals surface area contributed by atoms with Crippen LogP contribution in [-0.4, -0.2) is 35.3 Å². The first kappa shape index (κ1) is 23.4. The Balaban J connectivity index is 2.80. The van der Waals surface area contributed by atoms with Gasteiger partial charge in [-0.25, -0.2) is 10.5 Å². The van der Waals surface area contributed by atoms with Crippen LogP contribution in [0.15, 0.2) is 53.8 Å². The third-order valence-electron chi connectivity index (χ3n) is 4.25. The molecule has 1 rings (SSSR count). The summed E-state index contributed by atoms with van der Waals surface area (Å²) >= 11 is 0. The third-order valence-corrected chi connectivity index (χ3v) is 4.25. The van der Waals surface area contributed by atoms with E-state index in [1.165, 1.54) is 17.8 Å². The molecule has 0 saturated heterocycles. The van der Waals surface area contributed by atoms with E-state index in [-0.39, 0.29) is 11.9 Å². The van der Waals surface area contributed by atoms with Gasteiger partial charge in [0.1, 0.15) is 11.9 Å². The highest BCUT2D eigenvalue weighted by molar-refractivity contribution is 5.90. The Bertz CT molecular complexity index is 644. The number of hydrogen-bond acceptors (Lipinski definition) is 5. The quantitative estimate of drug-likeness (QED) is 0.144. The van der Waals surface area contributed by atoms with Crippen LogP contribution in [0.1, 0.15) is 46.0 Å². The van der Waals surface area contributed by atoms with Gasteiger partial charge in [0.25, 0.3) is 5.91 Å². The molecule has 1 fully saturated rings. The molecule has 7 heteroatoms. The molecule has 0 aromatic carbocycles. The van der Waals surface area contributed by atoms with Crippen LogP contribution in [0, 0.1) is 5.92 Å². The highest BCUT2D eigenvalue weighted by Crippen LogP contribution is 2.18. The molecule has 0 bridgehead atoms. The Hall–Kier alpha value is -2.67. The zero-order valence-electron chi connectivity index (χ0n) is 16.8. The van der Waals surface area contributed by atoms with Gasteiger partial charge in [-0.2, -0.15) is 0 Å². The average Bonchev–Trinajstić information content (AvgIpc) is 3.16. The molecule has 28 heavy (non-hydrogen) atoms. The molecule has 0 spiro atoms. The van der Waals surface area contributed by atoms with Crippen LogP contribution >= 0.6 is 0 Å². The van der Waals surface area contributed by atoms with E-state index < -0.39 is 11.9 Å². The maximum Gasteiger partial charge on any atom is 0.267 e. The van der Waals surface area contributed by atoms with Crippen molar-refractivity contribution in [2.24, 2.45) is 10.9 Å². The third kappa shape index (κ3) is 9.32. The highest BCUT2D eigenvalue weighted by Gasteiger charge is 2.24. The van der Waals surface area contributed by atoms with Crippen LogP contribution in [0.2, 0.25) is 0 Å². The summed E-state index contributed by atoms with van der Waals surface area (Å²) in [5.41, 5.74) is 1.95. The lowest BCUT2D eigenvalue weighted by atomic mass is 10.0. The van der Waals surface area contributed by atoms with Gasteiger partial charge >= 0.3 is 0 Å². The topological polar surface area (TPSA) is 103 Å². The molecular weight excluding hydrogens is 356 g/mol. The van der Waals surface area contributed by atoms with Gasteiger partial charge < -0.3 is 10.6 Å². The zero-order chi connectivity index (χ0) is 20.9. The van der Waals surface area contributed by atoms with E-state index in [4.69, 9.17) is 5.21 Å². The lowest BCUT2D eigenvalue weighted by Crippen LogP contribution is -2.47. The van der Waals surface area contributed by atoms with Crippen molar-refractivity contribution in [2.45, 2.75) is 58.0 Å². The van der Waals surface area contributed by atoms with Crippen molar-refractivity contribution in [3.8, 4) is 0 Å². The Morgan fingerprint density at radius 2 is 1.93 bits per heavy atom. The number of amides is 2. The van der Waals surface area contributed by atoms with E-state index in [0.29, 0.717) is 23.7 Å². The van der Waals surface area contributed by atoms with E-state index in [9.17, 15) is 9.59 Å². The summed E-state index contributed by atoms with van der Waals surface area (Å²) in [5.74, 6) is 0.123. The smallest absolute Gasteiger partial charge is 0.267 e. The van der Waals surface area contributed by atoms with Crippen LogP contribution in [0.4, 0.5) is 0 Å². The summed E-state index contributed by atoms with van der Waals surface area (Å²) in [6.07, 6.45) is 12.3. The lowest BCUT2D eigenvalue weighted by Gasteiger charge is -2.23. The molecule has 1 aliphatic carbocycles. The number of nitrogens with zero attached hydrogens (tertiary/aromatic N) is 1. The summed E-state index contributed by atoms with van der Waals surface area (Å²) in [4.78, 5) is 28.1. The van der Waals surface area contributed by atoms with Crippen molar-refractivity contribution in [2.75, 3.05) is 0 Å². The molecule has 0 aromatic heterocycles. The van der Waals surface area contributed by atoms with Crippen molar-refractivity contribution < 1.29 is 14.8 Å². The number of hydrogen-bond donors (Lipinski definition) is 4. The Morgan fingerprint density at radius 1 is 1.25 bits per heavy atom. The predicted octanol–water partition coefficient (Wildman–Crippen LogP) is 2.77. The molecule has 0 unspecified atom stereocenters. The number of nitrogens with one attached hydrogen (secondary N) is 3. The Labute approximate surface area is 167 Å². The molecule has 7 nitrogen and oxygen atoms in total. The standard InChI is InChI=1S/C21H32N4O3/c1-5-8-19(22-14-16(4)11-12-20(26)25-28)24-18(13-15(2)3)21(27)23-17-9-6-7-10-17/h5,8,11-12,14-15,17-18,24,28H,1,4,6-7,9-10,13H2,2-3H3,(H,23,27)(H,25,26)/b12-11+,19-8+,22-14-/t18-/m1/s1. The molecule has 154 valence electrons. The van der Waals surface area contributed by atoms with Gasteiger partial charge in [-0.3, -0.25) is 14.8 Å². The van der Waals surface area contributed by atoms with Gasteiger partial charge in [0.05, 0.1) is 0 Å².